The Morgan fingerprint density at radius 2 is 1.01 bits per heavy atom. The highest BCUT2D eigenvalue weighted by molar-refractivity contribution is 7.88. The Kier molecular flexibility index (Phi) is 26.9. The van der Waals surface area contributed by atoms with Crippen LogP contribution in [-0.4, -0.2) is 172 Å². The van der Waals surface area contributed by atoms with Gasteiger partial charge in [-0.1, -0.05) is 59.4 Å². The molecule has 0 radical (unpaired) electrons. The number of piperidine rings is 2. The normalized spacial score (nSPS) is 26.4. The van der Waals surface area contributed by atoms with Gasteiger partial charge in [0.1, 0.15) is 45.7 Å². The van der Waals surface area contributed by atoms with Gasteiger partial charge in [0, 0.05) is 73.3 Å². The zero-order valence-corrected chi connectivity index (χ0v) is 69.7. The van der Waals surface area contributed by atoms with Gasteiger partial charge >= 0.3 is 26.2 Å². The summed E-state index contributed by atoms with van der Waals surface area (Å²) in [6.07, 6.45) is 9.11. The second-order valence-corrected chi connectivity index (χ2v) is 40.8. The van der Waals surface area contributed by atoms with E-state index >= 15 is 0 Å². The van der Waals surface area contributed by atoms with Crippen LogP contribution in [0.15, 0.2) is 47.2 Å². The summed E-state index contributed by atoms with van der Waals surface area (Å²) in [5.41, 5.74) is 1.52. The van der Waals surface area contributed by atoms with Crippen molar-refractivity contribution in [3.8, 4) is 11.5 Å². The largest absolute Gasteiger partial charge is 0.496 e. The maximum absolute atomic E-state index is 14.6. The van der Waals surface area contributed by atoms with Crippen molar-refractivity contribution < 1.29 is 83.2 Å². The summed E-state index contributed by atoms with van der Waals surface area (Å²) in [5, 5.41) is 8.11. The van der Waals surface area contributed by atoms with E-state index in [0.717, 1.165) is 47.0 Å². The Morgan fingerprint density at radius 1 is 0.620 bits per heavy atom. The molecule has 6 saturated carbocycles. The van der Waals surface area contributed by atoms with Crippen molar-refractivity contribution in [3.63, 3.8) is 0 Å². The number of Topliss-reactive ketones (excluding diaryl/α,β-unsaturated/α-hetero) is 2. The molecule has 10 aliphatic rings. The van der Waals surface area contributed by atoms with E-state index < -0.39 is 80.8 Å². The number of carbonyl (C=O) groups excluding carboxylic acids is 6. The number of halogens is 1. The number of para-hydroxylation sites is 2. The molecule has 10 fully saturated rings. The van der Waals surface area contributed by atoms with Crippen LogP contribution in [0.5, 0.6) is 11.5 Å². The number of benzene rings is 2. The quantitative estimate of drug-likeness (QED) is 0.0410. The molecule has 6 aliphatic carbocycles. The van der Waals surface area contributed by atoms with Crippen LogP contribution < -0.4 is 14.8 Å². The maximum Gasteiger partial charge on any atom is 0.461 e. The van der Waals surface area contributed by atoms with Gasteiger partial charge in [-0.15, -0.1) is 22.7 Å². The number of carbonyl (C=O) groups is 6. The molecule has 12 atom stereocenters. The molecule has 30 heteroatoms. The van der Waals surface area contributed by atoms with Crippen LogP contribution in [0.2, 0.25) is 11.6 Å². The topological polar surface area (TPSA) is 289 Å². The lowest BCUT2D eigenvalue weighted by molar-refractivity contribution is -0.199. The predicted molar refractivity (Wildman–Crippen MR) is 420 cm³/mol. The van der Waals surface area contributed by atoms with Crippen molar-refractivity contribution in [3.05, 3.63) is 90.8 Å². The Morgan fingerprint density at radius 3 is 1.36 bits per heavy atom. The van der Waals surface area contributed by atoms with E-state index in [1.165, 1.54) is 39.6 Å². The van der Waals surface area contributed by atoms with Crippen molar-refractivity contribution in [2.45, 2.75) is 247 Å². The third-order valence-electron chi connectivity index (χ3n) is 24.1. The number of aromatic nitrogens is 2. The van der Waals surface area contributed by atoms with E-state index in [1.54, 1.807) is 62.8 Å². The second-order valence-electron chi connectivity index (χ2n) is 34.4. The number of esters is 2. The first-order chi connectivity index (χ1) is 49.8. The lowest BCUT2D eigenvalue weighted by Crippen LogP contribution is -2.65. The predicted octanol–water partition coefficient (Wildman–Crippen LogP) is 13.4. The number of ketones is 2. The van der Waals surface area contributed by atoms with E-state index in [9.17, 15) is 45.6 Å². The van der Waals surface area contributed by atoms with Crippen molar-refractivity contribution in [1.29, 1.82) is 0 Å². The van der Waals surface area contributed by atoms with Gasteiger partial charge in [0.25, 0.3) is 0 Å². The molecule has 1 amide bonds. The van der Waals surface area contributed by atoms with E-state index in [-0.39, 0.29) is 114 Å². The number of thiazole rings is 2. The molecular formula is C78H114B2ClN5O18S4. The van der Waals surface area contributed by atoms with Crippen LogP contribution in [0.1, 0.15) is 227 Å². The Balaban J connectivity index is 0.000000216. The summed E-state index contributed by atoms with van der Waals surface area (Å²) in [5.74, 6) is -0.404. The summed E-state index contributed by atoms with van der Waals surface area (Å²) in [4.78, 5) is 88.3. The minimum atomic E-state index is -3.36. The smallest absolute Gasteiger partial charge is 0.461 e. The molecule has 6 heterocycles. The minimum Gasteiger partial charge on any atom is -0.496 e. The van der Waals surface area contributed by atoms with E-state index in [2.05, 4.69) is 56.8 Å². The van der Waals surface area contributed by atoms with Gasteiger partial charge in [-0.25, -0.2) is 45.0 Å². The first-order valence-electron chi connectivity index (χ1n) is 37.5. The van der Waals surface area contributed by atoms with Gasteiger partial charge < -0.3 is 42.9 Å². The molecule has 596 valence electrons. The number of nitrogens with one attached hydrogen (secondary N) is 1. The van der Waals surface area contributed by atoms with Crippen LogP contribution in [0.4, 0.5) is 0 Å². The average molecular weight is 1600 g/mol. The molecule has 4 saturated heterocycles. The first kappa shape index (κ1) is 86.8. The molecule has 2 unspecified atom stereocenters. The highest BCUT2D eigenvalue weighted by Crippen LogP contribution is 2.68. The number of hydrogen-bond acceptors (Lipinski definition) is 22. The zero-order chi connectivity index (χ0) is 78.6. The molecule has 108 heavy (non-hydrogen) atoms. The van der Waals surface area contributed by atoms with Crippen LogP contribution >= 0.6 is 34.3 Å². The van der Waals surface area contributed by atoms with Gasteiger partial charge in [-0.2, -0.15) is 0 Å². The van der Waals surface area contributed by atoms with Crippen molar-refractivity contribution in [2.24, 2.45) is 46.3 Å². The molecule has 2 aromatic heterocycles. The van der Waals surface area contributed by atoms with Gasteiger partial charge in [-0.3, -0.25) is 19.2 Å². The van der Waals surface area contributed by atoms with Crippen LogP contribution in [0.25, 0.3) is 0 Å². The summed E-state index contributed by atoms with van der Waals surface area (Å²) in [6.45, 7) is 31.6. The van der Waals surface area contributed by atoms with Gasteiger partial charge in [-0.05, 0) is 210 Å². The second kappa shape index (κ2) is 33.5. The Labute approximate surface area is 654 Å². The average Bonchev–Trinajstić information content (AvgIpc) is 1.43. The Hall–Kier alpha value is -5.20. The fourth-order valence-corrected chi connectivity index (χ4v) is 21.1. The van der Waals surface area contributed by atoms with Gasteiger partial charge in [0.05, 0.1) is 77.5 Å². The standard InChI is InChI=1S/C38H54BN3O9S2.C32H44BNO6S.C7H12ClNO3S.CH4/c1-22-40-28(21-52-22)32(41-34(44)23-13-15-42(16-14-23)53(9,46)47)29(43)20-26(39-50-31-19-25-18-30(37(25,5)6)38(31,7)51-39)17-24-11-10-12-27(33(24)48-8)35(45)49-36(2,3)4;1-18(24-17-41-19(2)34-24)25(35)16-22(33-39-27-15-21-14-26(31(21,6)7)32(27,8)40-33)13-20-11-10-12-23(28(20)37-9)29(36)38-30(3,4)5;1-13(11,12)9-4-2-6(3-5-9)7(8)10;/h10-12,21,23,25-26,30-32H,13-20H2,1-9H3,(H,41,44);10-12,17-18,21-22,26-27H,13-16H2,1-9H3;6H,2-5H2,1H3;1H4/t25-,26+,30-,31+,32?,38-;18?,21-,22+,26-,27+,32-;;/m00../s1. The molecule has 4 bridgehead atoms. The number of rotatable bonds is 23. The number of nitrogens with zero attached hydrogens (tertiary/aromatic N) is 4. The molecular weight excluding hydrogens is 1480 g/mol. The monoisotopic (exact) mass is 1590 g/mol. The third-order valence-corrected chi connectivity index (χ3v) is 28.6. The van der Waals surface area contributed by atoms with Crippen molar-refractivity contribution in [1.82, 2.24) is 23.9 Å². The highest BCUT2D eigenvalue weighted by atomic mass is 35.5. The van der Waals surface area contributed by atoms with Crippen molar-refractivity contribution in [2.75, 3.05) is 52.9 Å². The zero-order valence-electron chi connectivity index (χ0n) is 65.7. The molecule has 23 nitrogen and oxygen atoms in total. The molecule has 4 aromatic rings. The number of aryl methyl sites for hydroxylation is 2. The van der Waals surface area contributed by atoms with Gasteiger partial charge in [0.15, 0.2) is 5.78 Å². The first-order valence-corrected chi connectivity index (χ1v) is 43.3. The lowest BCUT2D eigenvalue weighted by atomic mass is 9.43. The van der Waals surface area contributed by atoms with Crippen LogP contribution in [0, 0.1) is 60.2 Å². The van der Waals surface area contributed by atoms with Crippen LogP contribution in [0.3, 0.4) is 0 Å². The third kappa shape index (κ3) is 19.2. The molecule has 0 spiro atoms. The van der Waals surface area contributed by atoms with E-state index in [1.807, 2.05) is 65.1 Å². The summed E-state index contributed by atoms with van der Waals surface area (Å²) in [7, 11) is -4.65. The number of methoxy groups -OCH3 is 2. The summed E-state index contributed by atoms with van der Waals surface area (Å²) < 4.78 is 99.3. The summed E-state index contributed by atoms with van der Waals surface area (Å²) >= 11 is 8.26. The number of hydrogen-bond donors (Lipinski definition) is 1. The highest BCUT2D eigenvalue weighted by Gasteiger charge is 2.70. The molecule has 4 aliphatic heterocycles. The number of ether oxygens (including phenoxy) is 4. The van der Waals surface area contributed by atoms with Crippen molar-refractivity contribution >= 4 is 103 Å². The maximum atomic E-state index is 14.6. The van der Waals surface area contributed by atoms with Crippen LogP contribution in [-0.2, 0) is 80.2 Å². The van der Waals surface area contributed by atoms with E-state index in [0.29, 0.717) is 97.2 Å². The summed E-state index contributed by atoms with van der Waals surface area (Å²) in [6, 6.07) is 9.80. The molecule has 2 aromatic carbocycles. The van der Waals surface area contributed by atoms with Gasteiger partial charge in [0.2, 0.25) is 31.2 Å². The fourth-order valence-electron chi connectivity index (χ4n) is 17.8. The molecule has 1 N–H and O–H groups in total. The SMILES string of the molecule is C.COc1c(C[C@H](CC(=O)C(C)c2csc(C)n2)B2O[C@@H]3C[C@@H]4C[C@@H](C4(C)C)[C@]3(C)O2)cccc1C(=O)OC(C)(C)C.COc1c(C[C@H](CC(=O)C(NC(=O)C2CCN(S(C)(=O)=O)CC2)c2csc(C)n2)B2O[C@@H]3C[C@@H]4C[C@@H](C4(C)C)[C@]3(C)O2)cccc1C(=O)OC(C)(C)C.CS(=O)(=O)N1CCC(C(=O)Cl)CC1. The minimum absolute atomic E-state index is 0. The Bertz CT molecular complexity index is 4180. The molecule has 14 rings (SSSR count). The lowest BCUT2D eigenvalue weighted by Gasteiger charge is -2.64. The fraction of sp³-hybridized carbons (Fsp3) is 0.692. The van der Waals surface area contributed by atoms with E-state index in [4.69, 9.17) is 49.2 Å². The number of sulfonamides is 2. The number of amides is 1.